The van der Waals surface area contributed by atoms with E-state index in [4.69, 9.17) is 33.3 Å². The quantitative estimate of drug-likeness (QED) is 0.634. The van der Waals surface area contributed by atoms with Crippen LogP contribution in [-0.4, -0.2) is 23.4 Å². The van der Waals surface area contributed by atoms with Crippen LogP contribution in [0.1, 0.15) is 12.0 Å². The molecule has 4 nitrogen and oxygen atoms in total. The van der Waals surface area contributed by atoms with Gasteiger partial charge in [0.1, 0.15) is 4.32 Å². The Morgan fingerprint density at radius 1 is 1.35 bits per heavy atom. The van der Waals surface area contributed by atoms with Gasteiger partial charge in [0.05, 0.1) is 23.1 Å². The van der Waals surface area contributed by atoms with E-state index in [-0.39, 0.29) is 5.91 Å². The highest BCUT2D eigenvalue weighted by Crippen LogP contribution is 2.39. The number of carbonyl (C=O) groups is 1. The number of hydrogen-bond acceptors (Lipinski definition) is 5. The Hall–Kier alpha value is -1.24. The fourth-order valence-corrected chi connectivity index (χ4v) is 3.22. The minimum absolute atomic E-state index is 0.191. The Morgan fingerprint density at radius 3 is 2.90 bits per heavy atom. The lowest BCUT2D eigenvalue weighted by Crippen LogP contribution is -2.17. The number of benzene rings is 1. The largest absolute Gasteiger partial charge is 0.489 e. The van der Waals surface area contributed by atoms with Gasteiger partial charge in [0, 0.05) is 6.42 Å². The summed E-state index contributed by atoms with van der Waals surface area (Å²) in [4.78, 5) is 12.2. The number of ether oxygens (including phenoxy) is 2. The van der Waals surface area contributed by atoms with Gasteiger partial charge in [-0.3, -0.25) is 4.79 Å². The van der Waals surface area contributed by atoms with Crippen LogP contribution in [0.5, 0.6) is 11.5 Å². The van der Waals surface area contributed by atoms with Gasteiger partial charge >= 0.3 is 0 Å². The molecule has 2 aliphatic rings. The smallest absolute Gasteiger partial charge is 0.263 e. The first-order valence-corrected chi connectivity index (χ1v) is 7.58. The number of thiocarbonyl (C=S) groups is 1. The van der Waals surface area contributed by atoms with Gasteiger partial charge in [-0.25, -0.2) is 0 Å². The minimum Gasteiger partial charge on any atom is -0.489 e. The van der Waals surface area contributed by atoms with Crippen LogP contribution >= 0.6 is 35.6 Å². The van der Waals surface area contributed by atoms with Crippen molar-refractivity contribution in [2.75, 3.05) is 13.2 Å². The molecule has 3 rings (SSSR count). The van der Waals surface area contributed by atoms with Crippen molar-refractivity contribution in [1.29, 1.82) is 0 Å². The van der Waals surface area contributed by atoms with Gasteiger partial charge in [0.25, 0.3) is 5.91 Å². The monoisotopic (exact) mass is 327 g/mol. The van der Waals surface area contributed by atoms with Gasteiger partial charge in [0.15, 0.2) is 11.5 Å². The van der Waals surface area contributed by atoms with E-state index in [1.807, 2.05) is 6.07 Å². The van der Waals surface area contributed by atoms with Gasteiger partial charge < -0.3 is 14.8 Å². The maximum Gasteiger partial charge on any atom is 0.263 e. The van der Waals surface area contributed by atoms with E-state index in [2.05, 4.69) is 5.32 Å². The average Bonchev–Trinajstić information content (AvgIpc) is 2.61. The summed E-state index contributed by atoms with van der Waals surface area (Å²) >= 11 is 12.4. The predicted octanol–water partition coefficient (Wildman–Crippen LogP) is 2.99. The van der Waals surface area contributed by atoms with E-state index >= 15 is 0 Å². The van der Waals surface area contributed by atoms with Crippen LogP contribution in [0.25, 0.3) is 6.08 Å². The van der Waals surface area contributed by atoms with Gasteiger partial charge in [-0.2, -0.15) is 0 Å². The number of amides is 1. The summed E-state index contributed by atoms with van der Waals surface area (Å²) in [7, 11) is 0. The molecule has 0 aromatic heterocycles. The minimum atomic E-state index is -0.191. The summed E-state index contributed by atoms with van der Waals surface area (Å²) in [6.07, 6.45) is 2.55. The normalized spacial score (nSPS) is 19.9. The van der Waals surface area contributed by atoms with E-state index < -0.39 is 0 Å². The number of nitrogens with one attached hydrogen (secondary N) is 1. The summed E-state index contributed by atoms with van der Waals surface area (Å²) in [5.41, 5.74) is 0.779. The summed E-state index contributed by atoms with van der Waals surface area (Å²) < 4.78 is 11.6. The number of carbonyl (C=O) groups excluding carboxylic acids is 1. The van der Waals surface area contributed by atoms with Crippen LogP contribution in [0, 0.1) is 0 Å². The lowest BCUT2D eigenvalue weighted by atomic mass is 10.2. The standard InChI is InChI=1S/C13H10ClNO3S2/c14-8-4-7(6-10-12(16)15-13(19)20-10)5-9-11(8)18-3-1-2-17-9/h4-6H,1-3H2,(H,15,16,19)/b10-6+. The van der Waals surface area contributed by atoms with Crippen molar-refractivity contribution < 1.29 is 14.3 Å². The number of thioether (sulfide) groups is 1. The Labute approximate surface area is 130 Å². The van der Waals surface area contributed by atoms with Crippen LogP contribution in [0.2, 0.25) is 5.02 Å². The SMILES string of the molecule is O=C1NC(=S)S/C1=C/c1cc(Cl)c2c(c1)OCCCO2. The van der Waals surface area contributed by atoms with E-state index in [0.29, 0.717) is 39.0 Å². The first-order chi connectivity index (χ1) is 9.63. The molecular weight excluding hydrogens is 318 g/mol. The molecule has 1 fully saturated rings. The van der Waals surface area contributed by atoms with Crippen molar-refractivity contribution >= 4 is 51.9 Å². The van der Waals surface area contributed by atoms with E-state index in [1.54, 1.807) is 12.1 Å². The molecule has 1 amide bonds. The number of hydrogen-bond donors (Lipinski definition) is 1. The third kappa shape index (κ3) is 2.77. The second-order valence-corrected chi connectivity index (χ2v) is 6.36. The second kappa shape index (κ2) is 5.63. The molecule has 0 atom stereocenters. The maximum absolute atomic E-state index is 11.6. The molecule has 1 aromatic rings. The van der Waals surface area contributed by atoms with Crippen molar-refractivity contribution in [2.24, 2.45) is 0 Å². The zero-order valence-corrected chi connectivity index (χ0v) is 12.7. The summed E-state index contributed by atoms with van der Waals surface area (Å²) in [5.74, 6) is 0.974. The Morgan fingerprint density at radius 2 is 2.15 bits per heavy atom. The molecule has 0 aliphatic carbocycles. The molecule has 2 aliphatic heterocycles. The molecule has 0 saturated carbocycles. The zero-order chi connectivity index (χ0) is 14.1. The van der Waals surface area contributed by atoms with Crippen LogP contribution in [0.4, 0.5) is 0 Å². The Bertz CT molecular complexity index is 630. The third-order valence-corrected chi connectivity index (χ3v) is 4.21. The molecule has 0 radical (unpaired) electrons. The van der Waals surface area contributed by atoms with E-state index in [9.17, 15) is 4.79 Å². The zero-order valence-electron chi connectivity index (χ0n) is 10.3. The summed E-state index contributed by atoms with van der Waals surface area (Å²) in [6.45, 7) is 1.17. The second-order valence-electron chi connectivity index (χ2n) is 4.23. The molecule has 1 saturated heterocycles. The van der Waals surface area contributed by atoms with Gasteiger partial charge in [-0.15, -0.1) is 0 Å². The third-order valence-electron chi connectivity index (χ3n) is 2.76. The number of fused-ring (bicyclic) bond motifs is 1. The molecule has 104 valence electrons. The van der Waals surface area contributed by atoms with Crippen LogP contribution in [0.3, 0.4) is 0 Å². The highest BCUT2D eigenvalue weighted by molar-refractivity contribution is 8.26. The number of halogens is 1. The highest BCUT2D eigenvalue weighted by atomic mass is 35.5. The molecule has 1 N–H and O–H groups in total. The molecular formula is C13H10ClNO3S2. The topological polar surface area (TPSA) is 47.6 Å². The fourth-order valence-electron chi connectivity index (χ4n) is 1.91. The first kappa shape index (κ1) is 13.7. The first-order valence-electron chi connectivity index (χ1n) is 5.97. The molecule has 0 bridgehead atoms. The van der Waals surface area contributed by atoms with Crippen molar-refractivity contribution in [2.45, 2.75) is 6.42 Å². The Kier molecular flexibility index (Phi) is 3.87. The fraction of sp³-hybridized carbons (Fsp3) is 0.231. The van der Waals surface area contributed by atoms with E-state index in [1.165, 1.54) is 11.8 Å². The predicted molar refractivity (Wildman–Crippen MR) is 83.4 cm³/mol. The van der Waals surface area contributed by atoms with E-state index in [0.717, 1.165) is 12.0 Å². The Balaban J connectivity index is 1.97. The molecule has 20 heavy (non-hydrogen) atoms. The lowest BCUT2D eigenvalue weighted by Gasteiger charge is -2.10. The van der Waals surface area contributed by atoms with Gasteiger partial charge in [0.2, 0.25) is 0 Å². The van der Waals surface area contributed by atoms with Crippen molar-refractivity contribution in [3.05, 3.63) is 27.6 Å². The lowest BCUT2D eigenvalue weighted by molar-refractivity contribution is -0.115. The molecule has 1 aromatic carbocycles. The van der Waals surface area contributed by atoms with Crippen molar-refractivity contribution in [1.82, 2.24) is 5.32 Å². The highest BCUT2D eigenvalue weighted by Gasteiger charge is 2.22. The summed E-state index contributed by atoms with van der Waals surface area (Å²) in [5, 5.41) is 3.05. The molecule has 7 heteroatoms. The molecule has 0 spiro atoms. The maximum atomic E-state index is 11.6. The van der Waals surface area contributed by atoms with Crippen LogP contribution < -0.4 is 14.8 Å². The molecule has 2 heterocycles. The summed E-state index contributed by atoms with van der Waals surface area (Å²) in [6, 6.07) is 3.56. The number of rotatable bonds is 1. The van der Waals surface area contributed by atoms with Crippen molar-refractivity contribution in [3.63, 3.8) is 0 Å². The molecule has 0 unspecified atom stereocenters. The van der Waals surface area contributed by atoms with Crippen LogP contribution in [0.15, 0.2) is 17.0 Å². The average molecular weight is 328 g/mol. The van der Waals surface area contributed by atoms with Gasteiger partial charge in [-0.1, -0.05) is 35.6 Å². The van der Waals surface area contributed by atoms with Crippen LogP contribution in [-0.2, 0) is 4.79 Å². The van der Waals surface area contributed by atoms with Gasteiger partial charge in [-0.05, 0) is 23.8 Å². The van der Waals surface area contributed by atoms with Crippen molar-refractivity contribution in [3.8, 4) is 11.5 Å².